The summed E-state index contributed by atoms with van der Waals surface area (Å²) in [5, 5.41) is 15.6. The van der Waals surface area contributed by atoms with Crippen LogP contribution in [-0.2, 0) is 0 Å². The molecule has 0 heterocycles. The van der Waals surface area contributed by atoms with Gasteiger partial charge in [0, 0.05) is 13.1 Å². The molecule has 0 aliphatic heterocycles. The first-order chi connectivity index (χ1) is 10.2. The van der Waals surface area contributed by atoms with E-state index in [4.69, 9.17) is 0 Å². The Morgan fingerprint density at radius 3 is 2.43 bits per heavy atom. The van der Waals surface area contributed by atoms with Crippen LogP contribution in [0.15, 0.2) is 30.3 Å². The van der Waals surface area contributed by atoms with Gasteiger partial charge in [-0.3, -0.25) is 0 Å². The van der Waals surface area contributed by atoms with E-state index in [1.54, 1.807) is 0 Å². The summed E-state index contributed by atoms with van der Waals surface area (Å²) in [6.45, 7) is 5.25. The summed E-state index contributed by atoms with van der Waals surface area (Å²) < 4.78 is 0. The van der Waals surface area contributed by atoms with Gasteiger partial charge in [0.1, 0.15) is 0 Å². The molecule has 2 amide bonds. The number of hydrogen-bond acceptors (Lipinski definition) is 2. The Morgan fingerprint density at radius 1 is 1.14 bits per heavy atom. The van der Waals surface area contributed by atoms with Gasteiger partial charge in [-0.15, -0.1) is 0 Å². The monoisotopic (exact) mass is 292 g/mol. The second-order valence-corrected chi connectivity index (χ2v) is 5.43. The van der Waals surface area contributed by atoms with Gasteiger partial charge in [0.05, 0.1) is 6.10 Å². The van der Waals surface area contributed by atoms with Crippen LogP contribution in [0.4, 0.5) is 4.79 Å². The van der Waals surface area contributed by atoms with Gasteiger partial charge < -0.3 is 15.7 Å². The van der Waals surface area contributed by atoms with Crippen LogP contribution in [0.1, 0.15) is 51.2 Å². The summed E-state index contributed by atoms with van der Waals surface area (Å²) in [6.07, 6.45) is 3.95. The fraction of sp³-hybridized carbons (Fsp3) is 0.588. The summed E-state index contributed by atoms with van der Waals surface area (Å²) in [5.41, 5.74) is 0.812. The van der Waals surface area contributed by atoms with Crippen molar-refractivity contribution in [2.24, 2.45) is 5.92 Å². The van der Waals surface area contributed by atoms with Crippen molar-refractivity contribution in [3.63, 3.8) is 0 Å². The molecular formula is C17H28N2O2. The molecule has 3 N–H and O–H groups in total. The van der Waals surface area contributed by atoms with Gasteiger partial charge in [-0.05, 0) is 17.9 Å². The van der Waals surface area contributed by atoms with Crippen LogP contribution in [0, 0.1) is 5.92 Å². The lowest BCUT2D eigenvalue weighted by Crippen LogP contribution is -2.40. The van der Waals surface area contributed by atoms with Crippen LogP contribution in [0.3, 0.4) is 0 Å². The van der Waals surface area contributed by atoms with Gasteiger partial charge in [-0.25, -0.2) is 4.79 Å². The quantitative estimate of drug-likeness (QED) is 0.654. The number of carbonyl (C=O) groups is 1. The zero-order chi connectivity index (χ0) is 15.5. The highest BCUT2D eigenvalue weighted by Gasteiger charge is 2.10. The van der Waals surface area contributed by atoms with Gasteiger partial charge in [-0.2, -0.15) is 0 Å². The van der Waals surface area contributed by atoms with Crippen molar-refractivity contribution in [3.05, 3.63) is 35.9 Å². The Bertz CT molecular complexity index is 395. The van der Waals surface area contributed by atoms with Crippen molar-refractivity contribution >= 4 is 6.03 Å². The Morgan fingerprint density at radius 2 is 1.81 bits per heavy atom. The van der Waals surface area contributed by atoms with Crippen molar-refractivity contribution in [1.82, 2.24) is 10.6 Å². The molecule has 1 aromatic carbocycles. The van der Waals surface area contributed by atoms with Crippen LogP contribution in [0.5, 0.6) is 0 Å². The molecule has 0 saturated carbocycles. The predicted octanol–water partition coefficient (Wildman–Crippen LogP) is 3.24. The smallest absolute Gasteiger partial charge is 0.314 e. The number of hydrogen-bond donors (Lipinski definition) is 3. The minimum Gasteiger partial charge on any atom is -0.387 e. The fourth-order valence-electron chi connectivity index (χ4n) is 2.23. The lowest BCUT2D eigenvalue weighted by atomic mass is 9.99. The number of aliphatic hydroxyl groups excluding tert-OH is 1. The molecule has 1 rings (SSSR count). The van der Waals surface area contributed by atoms with Crippen molar-refractivity contribution in [2.45, 2.75) is 45.6 Å². The number of nitrogens with one attached hydrogen (secondary N) is 2. The van der Waals surface area contributed by atoms with Gasteiger partial charge in [0.25, 0.3) is 0 Å². The molecule has 0 saturated heterocycles. The summed E-state index contributed by atoms with van der Waals surface area (Å²) in [7, 11) is 0. The van der Waals surface area contributed by atoms with E-state index in [1.807, 2.05) is 30.3 Å². The molecule has 0 aliphatic rings. The molecule has 0 aliphatic carbocycles. The Labute approximate surface area is 128 Å². The number of benzene rings is 1. The standard InChI is InChI=1S/C17H28N2O2/c1-3-5-9-14(4-2)12-18-17(21)19-13-16(20)15-10-7-6-8-11-15/h6-8,10-11,14,16,20H,3-5,9,12-13H2,1-2H3,(H2,18,19,21). The molecule has 0 spiro atoms. The number of amides is 2. The van der Waals surface area contributed by atoms with E-state index in [9.17, 15) is 9.90 Å². The molecule has 0 bridgehead atoms. The molecule has 0 radical (unpaired) electrons. The van der Waals surface area contributed by atoms with E-state index < -0.39 is 6.10 Å². The second-order valence-electron chi connectivity index (χ2n) is 5.43. The largest absolute Gasteiger partial charge is 0.387 e. The maximum Gasteiger partial charge on any atom is 0.314 e. The first-order valence-electron chi connectivity index (χ1n) is 7.92. The Kier molecular flexibility index (Phi) is 8.51. The van der Waals surface area contributed by atoms with Crippen molar-refractivity contribution in [3.8, 4) is 0 Å². The van der Waals surface area contributed by atoms with Crippen molar-refractivity contribution in [2.75, 3.05) is 13.1 Å². The minimum atomic E-state index is -0.668. The second kappa shape index (κ2) is 10.2. The molecule has 21 heavy (non-hydrogen) atoms. The number of aliphatic hydroxyl groups is 1. The zero-order valence-corrected chi connectivity index (χ0v) is 13.1. The summed E-state index contributed by atoms with van der Waals surface area (Å²) in [6, 6.07) is 9.14. The lowest BCUT2D eigenvalue weighted by molar-refractivity contribution is 0.173. The molecular weight excluding hydrogens is 264 g/mol. The van der Waals surface area contributed by atoms with E-state index in [0.717, 1.165) is 18.4 Å². The fourth-order valence-corrected chi connectivity index (χ4v) is 2.23. The van der Waals surface area contributed by atoms with Gasteiger partial charge in [0.2, 0.25) is 0 Å². The normalized spacial score (nSPS) is 13.5. The molecule has 4 nitrogen and oxygen atoms in total. The lowest BCUT2D eigenvalue weighted by Gasteiger charge is -2.17. The molecule has 118 valence electrons. The van der Waals surface area contributed by atoms with Gasteiger partial charge in [-0.1, -0.05) is 63.4 Å². The average Bonchev–Trinajstić information content (AvgIpc) is 2.53. The highest BCUT2D eigenvalue weighted by Crippen LogP contribution is 2.12. The number of unbranched alkanes of at least 4 members (excludes halogenated alkanes) is 1. The predicted molar refractivity (Wildman–Crippen MR) is 86.1 cm³/mol. The first kappa shape index (κ1) is 17.5. The van der Waals surface area contributed by atoms with Gasteiger partial charge in [0.15, 0.2) is 0 Å². The SMILES string of the molecule is CCCCC(CC)CNC(=O)NCC(O)c1ccccc1. The first-order valence-corrected chi connectivity index (χ1v) is 7.92. The molecule has 1 aromatic rings. The molecule has 2 atom stereocenters. The highest BCUT2D eigenvalue weighted by atomic mass is 16.3. The van der Waals surface area contributed by atoms with Crippen LogP contribution >= 0.6 is 0 Å². The van der Waals surface area contributed by atoms with Crippen LogP contribution in [0.25, 0.3) is 0 Å². The molecule has 0 fully saturated rings. The number of urea groups is 1. The van der Waals surface area contributed by atoms with E-state index in [2.05, 4.69) is 24.5 Å². The van der Waals surface area contributed by atoms with E-state index in [-0.39, 0.29) is 12.6 Å². The molecule has 4 heteroatoms. The third-order valence-electron chi connectivity index (χ3n) is 3.73. The van der Waals surface area contributed by atoms with Crippen LogP contribution in [-0.4, -0.2) is 24.2 Å². The topological polar surface area (TPSA) is 61.4 Å². The van der Waals surface area contributed by atoms with E-state index in [1.165, 1.54) is 12.8 Å². The third kappa shape index (κ3) is 7.14. The number of carbonyl (C=O) groups excluding carboxylic acids is 1. The Hall–Kier alpha value is -1.55. The van der Waals surface area contributed by atoms with Crippen molar-refractivity contribution < 1.29 is 9.90 Å². The highest BCUT2D eigenvalue weighted by molar-refractivity contribution is 5.73. The Balaban J connectivity index is 2.24. The van der Waals surface area contributed by atoms with Crippen LogP contribution < -0.4 is 10.6 Å². The van der Waals surface area contributed by atoms with Crippen molar-refractivity contribution in [1.29, 1.82) is 0 Å². The molecule has 0 aromatic heterocycles. The maximum absolute atomic E-state index is 11.7. The van der Waals surface area contributed by atoms with E-state index >= 15 is 0 Å². The summed E-state index contributed by atoms with van der Waals surface area (Å²) in [5.74, 6) is 0.537. The maximum atomic E-state index is 11.7. The zero-order valence-electron chi connectivity index (χ0n) is 13.1. The third-order valence-corrected chi connectivity index (χ3v) is 3.73. The minimum absolute atomic E-state index is 0.208. The summed E-state index contributed by atoms with van der Waals surface area (Å²) in [4.78, 5) is 11.7. The average molecular weight is 292 g/mol. The number of rotatable bonds is 9. The molecule has 2 unspecified atom stereocenters. The van der Waals surface area contributed by atoms with E-state index in [0.29, 0.717) is 12.5 Å². The van der Waals surface area contributed by atoms with Gasteiger partial charge >= 0.3 is 6.03 Å². The van der Waals surface area contributed by atoms with Crippen LogP contribution in [0.2, 0.25) is 0 Å². The summed E-state index contributed by atoms with van der Waals surface area (Å²) >= 11 is 0.